The molecule has 16 heavy (non-hydrogen) atoms. The molecular formula is C13H14N2O. The lowest BCUT2D eigenvalue weighted by Gasteiger charge is -2.05. The van der Waals surface area contributed by atoms with Gasteiger partial charge in [-0.3, -0.25) is 0 Å². The Balaban J connectivity index is 2.28. The van der Waals surface area contributed by atoms with Crippen LogP contribution >= 0.6 is 0 Å². The van der Waals surface area contributed by atoms with E-state index in [-0.39, 0.29) is 0 Å². The molecule has 3 nitrogen and oxygen atoms in total. The average molecular weight is 214 g/mol. The van der Waals surface area contributed by atoms with Gasteiger partial charge in [0.25, 0.3) is 0 Å². The number of hydrogen-bond donors (Lipinski definition) is 0. The number of ether oxygens (including phenoxy) is 1. The highest BCUT2D eigenvalue weighted by atomic mass is 16.5. The van der Waals surface area contributed by atoms with Crippen molar-refractivity contribution in [2.45, 2.75) is 13.5 Å². The molecule has 1 heterocycles. The maximum atomic E-state index is 8.86. The van der Waals surface area contributed by atoms with Crippen LogP contribution in [0.5, 0.6) is 0 Å². The van der Waals surface area contributed by atoms with Gasteiger partial charge in [0.2, 0.25) is 0 Å². The standard InChI is InChI=1S/C13H14N2O/c1-2-16-8-7-15-6-5-12-4-3-11(10-14)9-13(12)15/h3-6,9H,2,7-8H2,1H3. The summed E-state index contributed by atoms with van der Waals surface area (Å²) in [6, 6.07) is 9.95. The number of hydrogen-bond acceptors (Lipinski definition) is 2. The topological polar surface area (TPSA) is 38.0 Å². The van der Waals surface area contributed by atoms with E-state index in [2.05, 4.69) is 16.7 Å². The Hall–Kier alpha value is -1.79. The Morgan fingerprint density at radius 3 is 3.00 bits per heavy atom. The third-order valence-electron chi connectivity index (χ3n) is 2.58. The first-order valence-corrected chi connectivity index (χ1v) is 5.42. The van der Waals surface area contributed by atoms with Gasteiger partial charge in [-0.2, -0.15) is 5.26 Å². The second-order valence-corrected chi connectivity index (χ2v) is 3.59. The number of aromatic nitrogens is 1. The summed E-state index contributed by atoms with van der Waals surface area (Å²) in [6.07, 6.45) is 2.03. The quantitative estimate of drug-likeness (QED) is 0.733. The fourth-order valence-electron chi connectivity index (χ4n) is 1.76. The van der Waals surface area contributed by atoms with Gasteiger partial charge in [-0.25, -0.2) is 0 Å². The molecule has 0 spiro atoms. The summed E-state index contributed by atoms with van der Waals surface area (Å²) in [4.78, 5) is 0. The second-order valence-electron chi connectivity index (χ2n) is 3.59. The van der Waals surface area contributed by atoms with Crippen LogP contribution in [0.2, 0.25) is 0 Å². The molecule has 0 saturated carbocycles. The average Bonchev–Trinajstić information content (AvgIpc) is 2.72. The van der Waals surface area contributed by atoms with Crippen LogP contribution in [-0.4, -0.2) is 17.8 Å². The number of benzene rings is 1. The van der Waals surface area contributed by atoms with Crippen molar-refractivity contribution >= 4 is 10.9 Å². The van der Waals surface area contributed by atoms with Crippen LogP contribution in [0, 0.1) is 11.3 Å². The van der Waals surface area contributed by atoms with Gasteiger partial charge < -0.3 is 9.30 Å². The van der Waals surface area contributed by atoms with Crippen molar-refractivity contribution in [3.05, 3.63) is 36.0 Å². The normalized spacial score (nSPS) is 10.5. The first kappa shape index (κ1) is 10.7. The fourth-order valence-corrected chi connectivity index (χ4v) is 1.76. The predicted octanol–water partition coefficient (Wildman–Crippen LogP) is 2.55. The molecule has 2 rings (SSSR count). The SMILES string of the molecule is CCOCCn1ccc2ccc(C#N)cc21. The van der Waals surface area contributed by atoms with Crippen molar-refractivity contribution < 1.29 is 4.74 Å². The third-order valence-corrected chi connectivity index (χ3v) is 2.58. The maximum absolute atomic E-state index is 8.86. The lowest BCUT2D eigenvalue weighted by atomic mass is 10.2. The first-order chi connectivity index (χ1) is 7.85. The lowest BCUT2D eigenvalue weighted by molar-refractivity contribution is 0.140. The van der Waals surface area contributed by atoms with E-state index in [1.807, 2.05) is 31.3 Å². The van der Waals surface area contributed by atoms with E-state index in [0.717, 1.165) is 24.1 Å². The van der Waals surface area contributed by atoms with Crippen molar-refractivity contribution in [2.24, 2.45) is 0 Å². The van der Waals surface area contributed by atoms with E-state index in [4.69, 9.17) is 10.00 Å². The van der Waals surface area contributed by atoms with Gasteiger partial charge in [-0.15, -0.1) is 0 Å². The van der Waals surface area contributed by atoms with Gasteiger partial charge in [0.05, 0.1) is 18.2 Å². The third kappa shape index (κ3) is 2.07. The molecule has 0 N–H and O–H groups in total. The lowest BCUT2D eigenvalue weighted by Crippen LogP contribution is -2.04. The molecule has 0 amide bonds. The van der Waals surface area contributed by atoms with Gasteiger partial charge in [0.15, 0.2) is 0 Å². The van der Waals surface area contributed by atoms with Crippen molar-refractivity contribution in [1.29, 1.82) is 5.26 Å². The van der Waals surface area contributed by atoms with Crippen LogP contribution in [0.4, 0.5) is 0 Å². The van der Waals surface area contributed by atoms with E-state index in [0.29, 0.717) is 12.2 Å². The molecule has 82 valence electrons. The van der Waals surface area contributed by atoms with Gasteiger partial charge in [-0.05, 0) is 30.5 Å². The molecule has 0 unspecified atom stereocenters. The number of nitriles is 1. The van der Waals surface area contributed by atoms with Crippen LogP contribution in [-0.2, 0) is 11.3 Å². The maximum Gasteiger partial charge on any atom is 0.0992 e. The molecule has 0 saturated heterocycles. The molecule has 0 aliphatic carbocycles. The van der Waals surface area contributed by atoms with E-state index < -0.39 is 0 Å². The smallest absolute Gasteiger partial charge is 0.0992 e. The van der Waals surface area contributed by atoms with Gasteiger partial charge in [0.1, 0.15) is 0 Å². The van der Waals surface area contributed by atoms with Crippen LogP contribution in [0.15, 0.2) is 30.5 Å². The minimum Gasteiger partial charge on any atom is -0.380 e. The molecular weight excluding hydrogens is 200 g/mol. The van der Waals surface area contributed by atoms with E-state index in [1.54, 1.807) is 0 Å². The fraction of sp³-hybridized carbons (Fsp3) is 0.308. The number of rotatable bonds is 4. The summed E-state index contributed by atoms with van der Waals surface area (Å²) in [6.45, 7) is 4.26. The molecule has 0 bridgehead atoms. The van der Waals surface area contributed by atoms with Crippen molar-refractivity contribution in [3.63, 3.8) is 0 Å². The molecule has 0 atom stereocenters. The summed E-state index contributed by atoms with van der Waals surface area (Å²) in [5.74, 6) is 0. The van der Waals surface area contributed by atoms with E-state index >= 15 is 0 Å². The van der Waals surface area contributed by atoms with Crippen LogP contribution in [0.1, 0.15) is 12.5 Å². The summed E-state index contributed by atoms with van der Waals surface area (Å²) in [5, 5.41) is 10.0. The Morgan fingerprint density at radius 2 is 2.25 bits per heavy atom. The Labute approximate surface area is 94.9 Å². The zero-order valence-electron chi connectivity index (χ0n) is 9.31. The molecule has 0 aliphatic heterocycles. The summed E-state index contributed by atoms with van der Waals surface area (Å²) in [5.41, 5.74) is 1.79. The zero-order chi connectivity index (χ0) is 11.4. The van der Waals surface area contributed by atoms with Gasteiger partial charge >= 0.3 is 0 Å². The van der Waals surface area contributed by atoms with Crippen LogP contribution < -0.4 is 0 Å². The van der Waals surface area contributed by atoms with Crippen LogP contribution in [0.25, 0.3) is 10.9 Å². The second kappa shape index (κ2) is 4.82. The minimum absolute atomic E-state index is 0.698. The summed E-state index contributed by atoms with van der Waals surface area (Å²) in [7, 11) is 0. The predicted molar refractivity (Wildman–Crippen MR) is 63.1 cm³/mol. The minimum atomic E-state index is 0.698. The number of fused-ring (bicyclic) bond motifs is 1. The highest BCUT2D eigenvalue weighted by Gasteiger charge is 2.01. The summed E-state index contributed by atoms with van der Waals surface area (Å²) < 4.78 is 7.44. The molecule has 0 aliphatic rings. The van der Waals surface area contributed by atoms with Crippen LogP contribution in [0.3, 0.4) is 0 Å². The molecule has 0 radical (unpaired) electrons. The molecule has 1 aromatic heterocycles. The Bertz CT molecular complexity index is 522. The highest BCUT2D eigenvalue weighted by Crippen LogP contribution is 2.17. The van der Waals surface area contributed by atoms with Gasteiger partial charge in [-0.1, -0.05) is 6.07 Å². The molecule has 2 aromatic rings. The summed E-state index contributed by atoms with van der Waals surface area (Å²) >= 11 is 0. The molecule has 1 aromatic carbocycles. The first-order valence-electron chi connectivity index (χ1n) is 5.42. The largest absolute Gasteiger partial charge is 0.380 e. The van der Waals surface area contributed by atoms with Crippen molar-refractivity contribution in [1.82, 2.24) is 4.57 Å². The monoisotopic (exact) mass is 214 g/mol. The van der Waals surface area contributed by atoms with Crippen molar-refractivity contribution in [3.8, 4) is 6.07 Å². The van der Waals surface area contributed by atoms with E-state index in [9.17, 15) is 0 Å². The number of nitrogens with zero attached hydrogens (tertiary/aromatic N) is 2. The van der Waals surface area contributed by atoms with E-state index in [1.165, 1.54) is 0 Å². The van der Waals surface area contributed by atoms with Gasteiger partial charge in [0, 0.05) is 24.9 Å². The highest BCUT2D eigenvalue weighted by molar-refractivity contribution is 5.81. The Morgan fingerprint density at radius 1 is 1.38 bits per heavy atom. The molecule has 0 fully saturated rings. The van der Waals surface area contributed by atoms with Crippen molar-refractivity contribution in [2.75, 3.05) is 13.2 Å². The zero-order valence-corrected chi connectivity index (χ0v) is 9.31. The molecule has 3 heteroatoms. The Kier molecular flexibility index (Phi) is 3.23.